The van der Waals surface area contributed by atoms with Gasteiger partial charge in [0.05, 0.1) is 13.1 Å². The van der Waals surface area contributed by atoms with Crippen LogP contribution in [0.4, 0.5) is 0 Å². The Bertz CT molecular complexity index is 351. The zero-order valence-electron chi connectivity index (χ0n) is 11.9. The number of hydrogen-bond acceptors (Lipinski definition) is 3. The smallest absolute Gasteiger partial charge is 0.118 e. The van der Waals surface area contributed by atoms with E-state index in [-0.39, 0.29) is 0 Å². The van der Waals surface area contributed by atoms with Gasteiger partial charge in [0.2, 0.25) is 0 Å². The van der Waals surface area contributed by atoms with Crippen LogP contribution in [-0.2, 0) is 13.1 Å². The maximum absolute atomic E-state index is 5.85. The quantitative estimate of drug-likeness (QED) is 0.871. The van der Waals surface area contributed by atoms with E-state index in [1.165, 1.54) is 19.5 Å². The average Bonchev–Trinajstić information content (AvgIpc) is 2.72. The maximum atomic E-state index is 5.85. The molecule has 0 aliphatic carbocycles. The summed E-state index contributed by atoms with van der Waals surface area (Å²) >= 11 is 0. The topological polar surface area (TPSA) is 28.4 Å². The lowest BCUT2D eigenvalue weighted by atomic mass is 9.92. The van der Waals surface area contributed by atoms with E-state index in [0.29, 0.717) is 0 Å². The number of nitrogens with zero attached hydrogens (tertiary/aromatic N) is 1. The van der Waals surface area contributed by atoms with E-state index in [1.54, 1.807) is 0 Å². The molecule has 1 aromatic heterocycles. The standard InChI is InChI=1S/C15H26N2O/c1-4-16-8-14-5-6-15(18-14)11-17-9-12(2)7-13(3)10-17/h5-6,12-13,16H,4,7-11H2,1-3H3. The number of rotatable bonds is 5. The Morgan fingerprint density at radius 3 is 2.56 bits per heavy atom. The van der Waals surface area contributed by atoms with Gasteiger partial charge in [-0.2, -0.15) is 0 Å². The molecule has 1 aliphatic heterocycles. The zero-order valence-corrected chi connectivity index (χ0v) is 11.9. The minimum absolute atomic E-state index is 0.810. The molecule has 1 aliphatic rings. The molecule has 1 fully saturated rings. The Balaban J connectivity index is 1.86. The first kappa shape index (κ1) is 13.6. The summed E-state index contributed by atoms with van der Waals surface area (Å²) in [5.41, 5.74) is 0. The van der Waals surface area contributed by atoms with E-state index >= 15 is 0 Å². The fourth-order valence-corrected chi connectivity index (χ4v) is 2.99. The number of furan rings is 1. The fourth-order valence-electron chi connectivity index (χ4n) is 2.99. The van der Waals surface area contributed by atoms with Gasteiger partial charge in [0.15, 0.2) is 0 Å². The number of piperidine rings is 1. The first-order valence-electron chi connectivity index (χ1n) is 7.18. The summed E-state index contributed by atoms with van der Waals surface area (Å²) in [6.07, 6.45) is 1.36. The van der Waals surface area contributed by atoms with Crippen LogP contribution in [0.2, 0.25) is 0 Å². The molecule has 0 bridgehead atoms. The molecule has 1 aromatic rings. The molecule has 3 heteroatoms. The summed E-state index contributed by atoms with van der Waals surface area (Å²) in [4.78, 5) is 2.52. The molecule has 0 saturated carbocycles. The molecule has 0 spiro atoms. The monoisotopic (exact) mass is 250 g/mol. The predicted octanol–water partition coefficient (Wildman–Crippen LogP) is 2.87. The molecule has 2 rings (SSSR count). The third-order valence-corrected chi connectivity index (χ3v) is 3.59. The van der Waals surface area contributed by atoms with Crippen LogP contribution in [0.25, 0.3) is 0 Å². The summed E-state index contributed by atoms with van der Waals surface area (Å²) < 4.78 is 5.85. The molecule has 2 unspecified atom stereocenters. The molecule has 1 N–H and O–H groups in total. The third kappa shape index (κ3) is 3.85. The maximum Gasteiger partial charge on any atom is 0.118 e. The van der Waals surface area contributed by atoms with Crippen LogP contribution in [0.5, 0.6) is 0 Å². The predicted molar refractivity (Wildman–Crippen MR) is 74.3 cm³/mol. The van der Waals surface area contributed by atoms with E-state index in [9.17, 15) is 0 Å². The Labute approximate surface area is 111 Å². The summed E-state index contributed by atoms with van der Waals surface area (Å²) in [7, 11) is 0. The highest BCUT2D eigenvalue weighted by atomic mass is 16.3. The molecular weight excluding hydrogens is 224 g/mol. The van der Waals surface area contributed by atoms with E-state index in [2.05, 4.69) is 43.1 Å². The third-order valence-electron chi connectivity index (χ3n) is 3.59. The van der Waals surface area contributed by atoms with Crippen molar-refractivity contribution >= 4 is 0 Å². The molecule has 0 amide bonds. The van der Waals surface area contributed by atoms with Gasteiger partial charge < -0.3 is 9.73 Å². The molecule has 18 heavy (non-hydrogen) atoms. The number of likely N-dealkylation sites (tertiary alicyclic amines) is 1. The second-order valence-corrected chi connectivity index (χ2v) is 5.79. The molecule has 102 valence electrons. The van der Waals surface area contributed by atoms with E-state index in [1.807, 2.05) is 0 Å². The van der Waals surface area contributed by atoms with Gasteiger partial charge in [-0.15, -0.1) is 0 Å². The van der Waals surface area contributed by atoms with Gasteiger partial charge in [0.25, 0.3) is 0 Å². The van der Waals surface area contributed by atoms with Crippen LogP contribution in [0.15, 0.2) is 16.5 Å². The largest absolute Gasteiger partial charge is 0.463 e. The highest BCUT2D eigenvalue weighted by Gasteiger charge is 2.22. The lowest BCUT2D eigenvalue weighted by Crippen LogP contribution is -2.37. The summed E-state index contributed by atoms with van der Waals surface area (Å²) in [5.74, 6) is 3.77. The lowest BCUT2D eigenvalue weighted by molar-refractivity contribution is 0.125. The van der Waals surface area contributed by atoms with Gasteiger partial charge in [0, 0.05) is 13.1 Å². The second kappa shape index (κ2) is 6.39. The van der Waals surface area contributed by atoms with Crippen molar-refractivity contribution < 1.29 is 4.42 Å². The highest BCUT2D eigenvalue weighted by Crippen LogP contribution is 2.22. The van der Waals surface area contributed by atoms with Crippen LogP contribution in [0.3, 0.4) is 0 Å². The molecule has 0 aromatic carbocycles. The van der Waals surface area contributed by atoms with Crippen molar-refractivity contribution in [2.24, 2.45) is 11.8 Å². The van der Waals surface area contributed by atoms with Gasteiger partial charge in [-0.1, -0.05) is 20.8 Å². The van der Waals surface area contributed by atoms with Gasteiger partial charge in [-0.25, -0.2) is 0 Å². The van der Waals surface area contributed by atoms with Gasteiger partial charge in [-0.05, 0) is 36.9 Å². The molecule has 1 saturated heterocycles. The molecule has 2 atom stereocenters. The van der Waals surface area contributed by atoms with Crippen LogP contribution in [-0.4, -0.2) is 24.5 Å². The van der Waals surface area contributed by atoms with Crippen molar-refractivity contribution in [2.45, 2.75) is 40.3 Å². The Morgan fingerprint density at radius 2 is 1.89 bits per heavy atom. The molecule has 2 heterocycles. The fraction of sp³-hybridized carbons (Fsp3) is 0.733. The first-order valence-corrected chi connectivity index (χ1v) is 7.18. The zero-order chi connectivity index (χ0) is 13.0. The van der Waals surface area contributed by atoms with Gasteiger partial charge >= 0.3 is 0 Å². The Morgan fingerprint density at radius 1 is 1.22 bits per heavy atom. The van der Waals surface area contributed by atoms with Crippen LogP contribution in [0.1, 0.15) is 38.7 Å². The number of hydrogen-bond donors (Lipinski definition) is 1. The van der Waals surface area contributed by atoms with Crippen molar-refractivity contribution in [1.82, 2.24) is 10.2 Å². The minimum Gasteiger partial charge on any atom is -0.463 e. The van der Waals surface area contributed by atoms with Crippen LogP contribution >= 0.6 is 0 Å². The first-order chi connectivity index (χ1) is 8.67. The molecule has 3 nitrogen and oxygen atoms in total. The van der Waals surface area contributed by atoms with Crippen molar-refractivity contribution in [3.8, 4) is 0 Å². The SMILES string of the molecule is CCNCc1ccc(CN2CC(C)CC(C)C2)o1. The van der Waals surface area contributed by atoms with Gasteiger partial charge in [0.1, 0.15) is 11.5 Å². The molecular formula is C15H26N2O. The van der Waals surface area contributed by atoms with Crippen LogP contribution in [0, 0.1) is 11.8 Å². The highest BCUT2D eigenvalue weighted by molar-refractivity contribution is 5.07. The van der Waals surface area contributed by atoms with Crippen molar-refractivity contribution in [1.29, 1.82) is 0 Å². The van der Waals surface area contributed by atoms with E-state index < -0.39 is 0 Å². The van der Waals surface area contributed by atoms with E-state index in [4.69, 9.17) is 4.42 Å². The van der Waals surface area contributed by atoms with Crippen molar-refractivity contribution in [3.63, 3.8) is 0 Å². The summed E-state index contributed by atoms with van der Waals surface area (Å²) in [5, 5.41) is 3.29. The Hall–Kier alpha value is -0.800. The van der Waals surface area contributed by atoms with Gasteiger partial charge in [-0.3, -0.25) is 4.90 Å². The van der Waals surface area contributed by atoms with Crippen molar-refractivity contribution in [2.75, 3.05) is 19.6 Å². The summed E-state index contributed by atoms with van der Waals surface area (Å²) in [6.45, 7) is 12.0. The molecule has 0 radical (unpaired) electrons. The summed E-state index contributed by atoms with van der Waals surface area (Å²) in [6, 6.07) is 4.21. The second-order valence-electron chi connectivity index (χ2n) is 5.79. The van der Waals surface area contributed by atoms with Crippen molar-refractivity contribution in [3.05, 3.63) is 23.7 Å². The van der Waals surface area contributed by atoms with Crippen LogP contribution < -0.4 is 5.32 Å². The van der Waals surface area contributed by atoms with E-state index in [0.717, 1.165) is 43.0 Å². The lowest BCUT2D eigenvalue weighted by Gasteiger charge is -2.34. The average molecular weight is 250 g/mol. The normalized spacial score (nSPS) is 25.5. The minimum atomic E-state index is 0.810. The number of nitrogens with one attached hydrogen (secondary N) is 1. The Kier molecular flexibility index (Phi) is 4.84.